The van der Waals surface area contributed by atoms with Crippen molar-refractivity contribution in [3.05, 3.63) is 22.6 Å². The van der Waals surface area contributed by atoms with E-state index in [1.807, 2.05) is 19.1 Å². The first-order valence-corrected chi connectivity index (χ1v) is 7.62. The highest BCUT2D eigenvalue weighted by Gasteiger charge is 2.26. The summed E-state index contributed by atoms with van der Waals surface area (Å²) in [4.78, 5) is 11.6. The third-order valence-electron chi connectivity index (χ3n) is 3.54. The Balaban J connectivity index is 1.70. The monoisotopic (exact) mass is 329 g/mol. The molecule has 106 valence electrons. The summed E-state index contributed by atoms with van der Waals surface area (Å²) in [6, 6.07) is 4.32. The predicted octanol–water partition coefficient (Wildman–Crippen LogP) is 3.25. The van der Waals surface area contributed by atoms with Gasteiger partial charge in [0.1, 0.15) is 5.76 Å². The van der Waals surface area contributed by atoms with Crippen LogP contribution >= 0.6 is 15.9 Å². The molecule has 4 nitrogen and oxygen atoms in total. The molecule has 1 aromatic heterocycles. The van der Waals surface area contributed by atoms with Crippen molar-refractivity contribution in [2.75, 3.05) is 6.61 Å². The van der Waals surface area contributed by atoms with Crippen LogP contribution in [0.15, 0.2) is 21.2 Å². The fraction of sp³-hybridized carbons (Fsp3) is 0.643. The van der Waals surface area contributed by atoms with Crippen LogP contribution in [0.5, 0.6) is 0 Å². The van der Waals surface area contributed by atoms with Crippen LogP contribution in [-0.2, 0) is 16.1 Å². The van der Waals surface area contributed by atoms with Gasteiger partial charge in [0.05, 0.1) is 19.1 Å². The Bertz CT molecular complexity index is 411. The molecule has 0 aliphatic heterocycles. The number of rotatable bonds is 5. The van der Waals surface area contributed by atoms with E-state index in [0.29, 0.717) is 12.6 Å². The zero-order chi connectivity index (χ0) is 13.7. The predicted molar refractivity (Wildman–Crippen MR) is 75.6 cm³/mol. The summed E-state index contributed by atoms with van der Waals surface area (Å²) in [5.41, 5.74) is 0. The lowest BCUT2D eigenvalue weighted by Gasteiger charge is -2.27. The standard InChI is InChI=1S/C14H20BrNO3/c1-2-18-14(17)10-3-5-11(6-4-10)16-9-12-7-8-13(15)19-12/h7-8,10-11,16H,2-6,9H2,1H3. The number of halogens is 1. The third-order valence-corrected chi connectivity index (χ3v) is 3.97. The smallest absolute Gasteiger partial charge is 0.308 e. The molecule has 0 spiro atoms. The van der Waals surface area contributed by atoms with Gasteiger partial charge >= 0.3 is 5.97 Å². The van der Waals surface area contributed by atoms with Gasteiger partial charge < -0.3 is 14.5 Å². The van der Waals surface area contributed by atoms with Crippen molar-refractivity contribution >= 4 is 21.9 Å². The molecule has 0 radical (unpaired) electrons. The molecule has 1 saturated carbocycles. The van der Waals surface area contributed by atoms with E-state index in [1.165, 1.54) is 0 Å². The highest BCUT2D eigenvalue weighted by molar-refractivity contribution is 9.10. The average molecular weight is 330 g/mol. The Morgan fingerprint density at radius 3 is 2.74 bits per heavy atom. The maximum atomic E-state index is 11.6. The molecule has 1 N–H and O–H groups in total. The van der Waals surface area contributed by atoms with Crippen molar-refractivity contribution in [3.63, 3.8) is 0 Å². The summed E-state index contributed by atoms with van der Waals surface area (Å²) in [5, 5.41) is 3.48. The van der Waals surface area contributed by atoms with Crippen molar-refractivity contribution < 1.29 is 13.9 Å². The van der Waals surface area contributed by atoms with Gasteiger partial charge in [0.2, 0.25) is 0 Å². The fourth-order valence-corrected chi connectivity index (χ4v) is 2.83. The Morgan fingerprint density at radius 1 is 1.42 bits per heavy atom. The van der Waals surface area contributed by atoms with Crippen molar-refractivity contribution in [1.82, 2.24) is 5.32 Å². The molecule has 1 aliphatic carbocycles. The number of carbonyl (C=O) groups excluding carboxylic acids is 1. The van der Waals surface area contributed by atoms with E-state index in [4.69, 9.17) is 9.15 Å². The lowest BCUT2D eigenvalue weighted by Crippen LogP contribution is -2.35. The number of furan rings is 1. The van der Waals surface area contributed by atoms with Crippen molar-refractivity contribution in [2.24, 2.45) is 5.92 Å². The second kappa shape index (κ2) is 7.10. The van der Waals surface area contributed by atoms with Crippen LogP contribution in [0.4, 0.5) is 0 Å². The van der Waals surface area contributed by atoms with E-state index in [-0.39, 0.29) is 11.9 Å². The molecule has 0 saturated heterocycles. The average Bonchev–Trinajstić information content (AvgIpc) is 2.83. The maximum absolute atomic E-state index is 11.6. The van der Waals surface area contributed by atoms with E-state index in [2.05, 4.69) is 21.2 Å². The van der Waals surface area contributed by atoms with Gasteiger partial charge in [0, 0.05) is 6.04 Å². The van der Waals surface area contributed by atoms with Gasteiger partial charge in [0.15, 0.2) is 4.67 Å². The number of esters is 1. The first-order valence-electron chi connectivity index (χ1n) is 6.83. The zero-order valence-electron chi connectivity index (χ0n) is 11.2. The summed E-state index contributed by atoms with van der Waals surface area (Å²) in [5.74, 6) is 0.992. The van der Waals surface area contributed by atoms with E-state index in [9.17, 15) is 4.79 Å². The first kappa shape index (κ1) is 14.6. The van der Waals surface area contributed by atoms with Crippen molar-refractivity contribution in [3.8, 4) is 0 Å². The molecule has 5 heteroatoms. The van der Waals surface area contributed by atoms with Gasteiger partial charge in [-0.3, -0.25) is 4.79 Å². The quantitative estimate of drug-likeness (QED) is 0.842. The summed E-state index contributed by atoms with van der Waals surface area (Å²) < 4.78 is 11.3. The molecule has 2 rings (SSSR count). The Kier molecular flexibility index (Phi) is 5.45. The maximum Gasteiger partial charge on any atom is 0.308 e. The molecule has 1 heterocycles. The second-order valence-electron chi connectivity index (χ2n) is 4.89. The molecule has 1 fully saturated rings. The molecule has 0 amide bonds. The Morgan fingerprint density at radius 2 is 2.16 bits per heavy atom. The van der Waals surface area contributed by atoms with Gasteiger partial charge in [-0.05, 0) is 60.7 Å². The number of hydrogen-bond acceptors (Lipinski definition) is 4. The fourth-order valence-electron chi connectivity index (χ4n) is 2.49. The van der Waals surface area contributed by atoms with Crippen LogP contribution < -0.4 is 5.32 Å². The SMILES string of the molecule is CCOC(=O)C1CCC(NCc2ccc(Br)o2)CC1. The summed E-state index contributed by atoms with van der Waals surface area (Å²) in [6.45, 7) is 3.07. The summed E-state index contributed by atoms with van der Waals surface area (Å²) in [6.07, 6.45) is 3.87. The number of carbonyl (C=O) groups is 1. The molecule has 1 aromatic rings. The van der Waals surface area contributed by atoms with Crippen LogP contribution in [-0.4, -0.2) is 18.6 Å². The summed E-state index contributed by atoms with van der Waals surface area (Å²) in [7, 11) is 0. The molecule has 0 unspecified atom stereocenters. The minimum absolute atomic E-state index is 0.0316. The van der Waals surface area contributed by atoms with Gasteiger partial charge in [-0.2, -0.15) is 0 Å². The van der Waals surface area contributed by atoms with Crippen LogP contribution in [0.2, 0.25) is 0 Å². The lowest BCUT2D eigenvalue weighted by atomic mass is 9.86. The van der Waals surface area contributed by atoms with Gasteiger partial charge in [-0.1, -0.05) is 0 Å². The van der Waals surface area contributed by atoms with E-state index < -0.39 is 0 Å². The molecule has 0 atom stereocenters. The van der Waals surface area contributed by atoms with Crippen LogP contribution in [0.1, 0.15) is 38.4 Å². The summed E-state index contributed by atoms with van der Waals surface area (Å²) >= 11 is 3.29. The van der Waals surface area contributed by atoms with Crippen LogP contribution in [0.3, 0.4) is 0 Å². The molecule has 1 aliphatic rings. The molecule has 0 aromatic carbocycles. The first-order chi connectivity index (χ1) is 9.19. The van der Waals surface area contributed by atoms with E-state index in [1.54, 1.807) is 0 Å². The van der Waals surface area contributed by atoms with Gasteiger partial charge in [-0.15, -0.1) is 0 Å². The Labute approximate surface area is 122 Å². The van der Waals surface area contributed by atoms with Gasteiger partial charge in [-0.25, -0.2) is 0 Å². The highest BCUT2D eigenvalue weighted by Crippen LogP contribution is 2.25. The Hall–Kier alpha value is -0.810. The van der Waals surface area contributed by atoms with Gasteiger partial charge in [0.25, 0.3) is 0 Å². The lowest BCUT2D eigenvalue weighted by molar-refractivity contribution is -0.149. The molecule has 0 bridgehead atoms. The normalized spacial score (nSPS) is 23.3. The molecule has 19 heavy (non-hydrogen) atoms. The number of nitrogens with one attached hydrogen (secondary N) is 1. The molecular weight excluding hydrogens is 310 g/mol. The number of ether oxygens (including phenoxy) is 1. The minimum Gasteiger partial charge on any atom is -0.466 e. The van der Waals surface area contributed by atoms with Crippen LogP contribution in [0, 0.1) is 5.92 Å². The third kappa shape index (κ3) is 4.35. The van der Waals surface area contributed by atoms with Crippen molar-refractivity contribution in [1.29, 1.82) is 0 Å². The van der Waals surface area contributed by atoms with E-state index in [0.717, 1.165) is 42.7 Å². The largest absolute Gasteiger partial charge is 0.466 e. The minimum atomic E-state index is -0.0316. The van der Waals surface area contributed by atoms with Crippen molar-refractivity contribution in [2.45, 2.75) is 45.2 Å². The molecular formula is C14H20BrNO3. The topological polar surface area (TPSA) is 51.5 Å². The highest BCUT2D eigenvalue weighted by atomic mass is 79.9. The second-order valence-corrected chi connectivity index (χ2v) is 5.67. The van der Waals surface area contributed by atoms with Crippen LogP contribution in [0.25, 0.3) is 0 Å². The van der Waals surface area contributed by atoms with E-state index >= 15 is 0 Å². The zero-order valence-corrected chi connectivity index (χ0v) is 12.7. The number of hydrogen-bond donors (Lipinski definition) is 1.